The molecular weight excluding hydrogens is 352 g/mol. The van der Waals surface area contributed by atoms with Gasteiger partial charge in [0.25, 0.3) is 0 Å². The molecule has 6 nitrogen and oxygen atoms in total. The summed E-state index contributed by atoms with van der Waals surface area (Å²) in [7, 11) is 4.34. The highest BCUT2D eigenvalue weighted by atomic mass is 16.6. The molecule has 1 N–H and O–H groups in total. The minimum absolute atomic E-state index is 0.144. The van der Waals surface area contributed by atoms with E-state index in [2.05, 4.69) is 47.3 Å². The van der Waals surface area contributed by atoms with Crippen LogP contribution in [0.4, 0.5) is 10.5 Å². The first-order valence-electron chi connectivity index (χ1n) is 10.7. The molecule has 1 amide bonds. The van der Waals surface area contributed by atoms with E-state index in [0.29, 0.717) is 23.8 Å². The Bertz CT molecular complexity index is 762. The Morgan fingerprint density at radius 2 is 1.82 bits per heavy atom. The van der Waals surface area contributed by atoms with Gasteiger partial charge in [-0.25, -0.2) is 9.80 Å². The number of amides is 1. The van der Waals surface area contributed by atoms with E-state index in [0.717, 1.165) is 26.1 Å². The number of fused-ring (bicyclic) bond motifs is 7. The maximum absolute atomic E-state index is 12.5. The van der Waals surface area contributed by atoms with Crippen molar-refractivity contribution >= 4 is 11.8 Å². The number of nitrogens with one attached hydrogen (secondary N) is 1. The summed E-state index contributed by atoms with van der Waals surface area (Å²) in [5.41, 5.74) is 5.68. The number of carbonyl (C=O) groups excluding carboxylic acids is 1. The third kappa shape index (κ3) is 2.89. The highest BCUT2D eigenvalue weighted by Crippen LogP contribution is 2.51. The molecule has 152 valence electrons. The standard InChI is InChI=1S/C22H32N4O2/c1-22-10-11-24(2)20(22)25(3)19-12-17(8-9-18(19)22)28-21(27)23-26-13-15-4-5-16(14-26)7-6-15/h8-9,12,15-16,20H,4-7,10-11,13-14H2,1-3H3,(H,23,27)/t15?,16?,20-,22+/m0/s1. The van der Waals surface area contributed by atoms with E-state index in [4.69, 9.17) is 4.74 Å². The molecule has 1 aromatic rings. The first kappa shape index (κ1) is 18.3. The average Bonchev–Trinajstić information content (AvgIpc) is 2.90. The Morgan fingerprint density at radius 1 is 1.14 bits per heavy atom. The Hall–Kier alpha value is -1.79. The second-order valence-corrected chi connectivity index (χ2v) is 9.60. The van der Waals surface area contributed by atoms with Gasteiger partial charge in [-0.3, -0.25) is 10.3 Å². The van der Waals surface area contributed by atoms with Gasteiger partial charge in [0.05, 0.1) is 6.17 Å². The average molecular weight is 385 g/mol. The largest absolute Gasteiger partial charge is 0.427 e. The van der Waals surface area contributed by atoms with Crippen molar-refractivity contribution in [1.82, 2.24) is 15.3 Å². The smallest absolute Gasteiger partial charge is 0.409 e. The van der Waals surface area contributed by atoms with Crippen LogP contribution in [0.3, 0.4) is 0 Å². The van der Waals surface area contributed by atoms with Crippen LogP contribution >= 0.6 is 0 Å². The Labute approximate surface area is 167 Å². The lowest BCUT2D eigenvalue weighted by atomic mass is 9.81. The Balaban J connectivity index is 1.28. The molecule has 1 aromatic carbocycles. The quantitative estimate of drug-likeness (QED) is 0.849. The molecule has 1 saturated carbocycles. The van der Waals surface area contributed by atoms with Gasteiger partial charge in [-0.2, -0.15) is 0 Å². The molecule has 0 radical (unpaired) electrons. The molecule has 6 heteroatoms. The second kappa shape index (κ2) is 6.63. The molecule has 1 aliphatic carbocycles. The molecule has 4 fully saturated rings. The van der Waals surface area contributed by atoms with Crippen LogP contribution in [-0.2, 0) is 5.41 Å². The Morgan fingerprint density at radius 3 is 2.50 bits per heavy atom. The number of hydrogen-bond donors (Lipinski definition) is 1. The van der Waals surface area contributed by atoms with E-state index in [9.17, 15) is 4.79 Å². The number of hydrazine groups is 1. The number of likely N-dealkylation sites (N-methyl/N-ethyl adjacent to an activating group) is 2. The van der Waals surface area contributed by atoms with E-state index in [1.165, 1.54) is 36.9 Å². The predicted octanol–water partition coefficient (Wildman–Crippen LogP) is 3.18. The molecule has 0 unspecified atom stereocenters. The molecule has 3 saturated heterocycles. The Kier molecular flexibility index (Phi) is 4.32. The predicted molar refractivity (Wildman–Crippen MR) is 109 cm³/mol. The van der Waals surface area contributed by atoms with Crippen LogP contribution < -0.4 is 15.1 Å². The van der Waals surface area contributed by atoms with Crippen molar-refractivity contribution in [3.05, 3.63) is 23.8 Å². The molecule has 2 atom stereocenters. The number of likely N-dealkylation sites (tertiary alicyclic amines) is 1. The van der Waals surface area contributed by atoms with E-state index < -0.39 is 0 Å². The number of benzene rings is 1. The lowest BCUT2D eigenvalue weighted by Gasteiger charge is -2.32. The molecule has 0 aromatic heterocycles. The van der Waals surface area contributed by atoms with Crippen LogP contribution in [0, 0.1) is 11.8 Å². The molecule has 28 heavy (non-hydrogen) atoms. The summed E-state index contributed by atoms with van der Waals surface area (Å²) in [5, 5.41) is 2.08. The fraction of sp³-hybridized carbons (Fsp3) is 0.682. The van der Waals surface area contributed by atoms with Gasteiger partial charge >= 0.3 is 6.09 Å². The zero-order valence-electron chi connectivity index (χ0n) is 17.3. The maximum Gasteiger partial charge on any atom is 0.427 e. The summed E-state index contributed by atoms with van der Waals surface area (Å²) in [5.74, 6) is 2.04. The van der Waals surface area contributed by atoms with Crippen molar-refractivity contribution in [2.75, 3.05) is 38.6 Å². The first-order valence-corrected chi connectivity index (χ1v) is 10.7. The van der Waals surface area contributed by atoms with Crippen molar-refractivity contribution in [2.45, 2.75) is 50.6 Å². The van der Waals surface area contributed by atoms with Gasteiger partial charge < -0.3 is 9.64 Å². The van der Waals surface area contributed by atoms with Crippen LogP contribution in [0.25, 0.3) is 0 Å². The van der Waals surface area contributed by atoms with Crippen LogP contribution in [0.5, 0.6) is 5.75 Å². The topological polar surface area (TPSA) is 48.1 Å². The van der Waals surface area contributed by atoms with Gasteiger partial charge in [-0.05, 0) is 62.6 Å². The minimum atomic E-state index is -0.370. The van der Waals surface area contributed by atoms with Crippen LogP contribution in [0.15, 0.2) is 18.2 Å². The molecule has 5 aliphatic rings. The van der Waals surface area contributed by atoms with E-state index in [1.807, 2.05) is 12.1 Å². The minimum Gasteiger partial charge on any atom is -0.409 e. The fourth-order valence-corrected chi connectivity index (χ4v) is 6.27. The second-order valence-electron chi connectivity index (χ2n) is 9.60. The van der Waals surface area contributed by atoms with Crippen LogP contribution in [-0.4, -0.2) is 55.9 Å². The lowest BCUT2D eigenvalue weighted by Crippen LogP contribution is -2.45. The van der Waals surface area contributed by atoms with Crippen molar-refractivity contribution in [1.29, 1.82) is 0 Å². The van der Waals surface area contributed by atoms with Gasteiger partial charge in [-0.15, -0.1) is 0 Å². The molecule has 4 heterocycles. The fourth-order valence-electron chi connectivity index (χ4n) is 6.27. The summed E-state index contributed by atoms with van der Waals surface area (Å²) in [6.07, 6.45) is 6.34. The van der Waals surface area contributed by atoms with E-state index >= 15 is 0 Å². The number of carbonyl (C=O) groups is 1. The summed E-state index contributed by atoms with van der Waals surface area (Å²) in [6, 6.07) is 6.13. The number of nitrogens with zero attached hydrogens (tertiary/aromatic N) is 3. The van der Waals surface area contributed by atoms with Crippen LogP contribution in [0.1, 0.15) is 44.6 Å². The first-order chi connectivity index (χ1) is 13.4. The maximum atomic E-state index is 12.5. The molecule has 0 spiro atoms. The number of anilines is 1. The van der Waals surface area contributed by atoms with Crippen molar-refractivity contribution in [2.24, 2.45) is 11.8 Å². The molecule has 4 aliphatic heterocycles. The number of rotatable bonds is 2. The third-order valence-electron chi connectivity index (χ3n) is 7.69. The molecule has 2 bridgehead atoms. The highest BCUT2D eigenvalue weighted by Gasteiger charge is 2.52. The summed E-state index contributed by atoms with van der Waals surface area (Å²) in [6.45, 7) is 5.36. The number of ether oxygens (including phenoxy) is 1. The molecular formula is C22H32N4O2. The van der Waals surface area contributed by atoms with Gasteiger partial charge in [0.1, 0.15) is 5.75 Å². The monoisotopic (exact) mass is 384 g/mol. The normalized spacial score (nSPS) is 34.8. The molecule has 6 rings (SSSR count). The van der Waals surface area contributed by atoms with Gasteiger partial charge in [0, 0.05) is 43.9 Å². The van der Waals surface area contributed by atoms with Crippen molar-refractivity contribution in [3.63, 3.8) is 0 Å². The lowest BCUT2D eigenvalue weighted by molar-refractivity contribution is 0.137. The van der Waals surface area contributed by atoms with E-state index in [-0.39, 0.29) is 11.5 Å². The SMILES string of the molecule is CN1CC[C@]2(C)c3ccc(OC(=O)NN4CC5CCC(CC5)C4)cc3N(C)[C@H]12. The zero-order chi connectivity index (χ0) is 19.5. The summed E-state index contributed by atoms with van der Waals surface area (Å²) < 4.78 is 5.67. The van der Waals surface area contributed by atoms with Gasteiger partial charge in [-0.1, -0.05) is 13.0 Å². The van der Waals surface area contributed by atoms with Gasteiger partial charge in [0.2, 0.25) is 0 Å². The third-order valence-corrected chi connectivity index (χ3v) is 7.69. The van der Waals surface area contributed by atoms with Gasteiger partial charge in [0.15, 0.2) is 0 Å². The van der Waals surface area contributed by atoms with Crippen molar-refractivity contribution < 1.29 is 9.53 Å². The highest BCUT2D eigenvalue weighted by molar-refractivity contribution is 5.72. The van der Waals surface area contributed by atoms with Crippen LogP contribution in [0.2, 0.25) is 0 Å². The number of hydrogen-bond acceptors (Lipinski definition) is 5. The zero-order valence-corrected chi connectivity index (χ0v) is 17.3. The van der Waals surface area contributed by atoms with Crippen molar-refractivity contribution in [3.8, 4) is 5.75 Å². The van der Waals surface area contributed by atoms with E-state index in [1.54, 1.807) is 0 Å². The summed E-state index contributed by atoms with van der Waals surface area (Å²) in [4.78, 5) is 17.3. The summed E-state index contributed by atoms with van der Waals surface area (Å²) >= 11 is 0.